The van der Waals surface area contributed by atoms with Crippen molar-refractivity contribution in [3.8, 4) is 0 Å². The summed E-state index contributed by atoms with van der Waals surface area (Å²) in [6, 6.07) is 5.57. The number of rotatable bonds is 6. The van der Waals surface area contributed by atoms with Gasteiger partial charge in [0.05, 0.1) is 12.6 Å². The highest BCUT2D eigenvalue weighted by Crippen LogP contribution is 2.19. The number of thiophene rings is 1. The van der Waals surface area contributed by atoms with Crippen LogP contribution >= 0.6 is 11.3 Å². The molecule has 4 rings (SSSR count). The third-order valence-electron chi connectivity index (χ3n) is 6.30. The van der Waals surface area contributed by atoms with Crippen molar-refractivity contribution >= 4 is 11.3 Å². The predicted octanol–water partition coefficient (Wildman–Crippen LogP) is 0.206. The second-order valence-corrected chi connectivity index (χ2v) is 9.33. The van der Waals surface area contributed by atoms with E-state index in [0.717, 1.165) is 18.4 Å². The number of hydrogen-bond donors (Lipinski definition) is 2. The number of quaternary nitrogens is 2. The average molecular weight is 377 g/mol. The number of aromatic nitrogens is 4. The highest BCUT2D eigenvalue weighted by molar-refractivity contribution is 7.09. The molecule has 2 aliphatic rings. The van der Waals surface area contributed by atoms with E-state index in [-0.39, 0.29) is 0 Å². The lowest BCUT2D eigenvalue weighted by molar-refractivity contribution is -1.04. The summed E-state index contributed by atoms with van der Waals surface area (Å²) < 4.78 is 2.03. The van der Waals surface area contributed by atoms with Gasteiger partial charge in [0.2, 0.25) is 5.82 Å². The van der Waals surface area contributed by atoms with Gasteiger partial charge in [0, 0.05) is 10.8 Å². The fourth-order valence-electron chi connectivity index (χ4n) is 4.99. The molecule has 0 amide bonds. The molecule has 0 unspecified atom stereocenters. The molecule has 2 aromatic rings. The van der Waals surface area contributed by atoms with Gasteiger partial charge in [-0.15, -0.1) is 16.4 Å². The quantitative estimate of drug-likeness (QED) is 0.758. The number of piperazine rings is 1. The van der Waals surface area contributed by atoms with Crippen molar-refractivity contribution in [1.29, 1.82) is 0 Å². The molecule has 1 aliphatic carbocycles. The lowest BCUT2D eigenvalue weighted by atomic mass is 10.00. The van der Waals surface area contributed by atoms with Gasteiger partial charge in [-0.05, 0) is 47.6 Å². The monoisotopic (exact) mass is 376 g/mol. The summed E-state index contributed by atoms with van der Waals surface area (Å²) in [5.74, 6) is 1.60. The van der Waals surface area contributed by atoms with E-state index in [1.165, 1.54) is 56.7 Å². The zero-order valence-electron chi connectivity index (χ0n) is 16.0. The van der Waals surface area contributed by atoms with Crippen molar-refractivity contribution in [1.82, 2.24) is 20.2 Å². The second-order valence-electron chi connectivity index (χ2n) is 8.29. The highest BCUT2D eigenvalue weighted by atomic mass is 32.1. The number of nitrogens with zero attached hydrogens (tertiary/aromatic N) is 4. The van der Waals surface area contributed by atoms with Gasteiger partial charge in [-0.2, -0.15) is 0 Å². The van der Waals surface area contributed by atoms with Crippen LogP contribution in [0.15, 0.2) is 17.5 Å². The Labute approximate surface area is 160 Å². The Morgan fingerprint density at radius 3 is 2.62 bits per heavy atom. The largest absolute Gasteiger partial charge is 0.323 e. The van der Waals surface area contributed by atoms with E-state index in [2.05, 4.69) is 46.9 Å². The maximum absolute atomic E-state index is 4.47. The van der Waals surface area contributed by atoms with Gasteiger partial charge >= 0.3 is 0 Å². The van der Waals surface area contributed by atoms with Gasteiger partial charge in [-0.3, -0.25) is 0 Å². The Kier molecular flexibility index (Phi) is 5.66. The molecule has 0 aromatic carbocycles. The van der Waals surface area contributed by atoms with Crippen molar-refractivity contribution in [3.63, 3.8) is 0 Å². The van der Waals surface area contributed by atoms with Crippen LogP contribution < -0.4 is 9.80 Å². The summed E-state index contributed by atoms with van der Waals surface area (Å²) >= 11 is 1.77. The fraction of sp³-hybridized carbons (Fsp3) is 0.737. The SMILES string of the molecule is CC(C)[C@@H](c1nnnn1Cc1cccs1)[NH+]1CC[NH+](C2CCCC2)CC1. The van der Waals surface area contributed by atoms with E-state index in [1.54, 1.807) is 16.2 Å². The summed E-state index contributed by atoms with van der Waals surface area (Å²) in [6.45, 7) is 10.5. The van der Waals surface area contributed by atoms with Crippen LogP contribution in [0.1, 0.15) is 56.3 Å². The molecule has 2 fully saturated rings. The van der Waals surface area contributed by atoms with E-state index < -0.39 is 0 Å². The summed E-state index contributed by atoms with van der Waals surface area (Å²) in [6.07, 6.45) is 5.77. The van der Waals surface area contributed by atoms with Crippen LogP contribution in [0, 0.1) is 5.92 Å². The van der Waals surface area contributed by atoms with Crippen LogP contribution in [0.5, 0.6) is 0 Å². The second kappa shape index (κ2) is 8.15. The molecule has 142 valence electrons. The van der Waals surface area contributed by atoms with E-state index in [4.69, 9.17) is 0 Å². The maximum atomic E-state index is 4.47. The molecular formula is C19H32N6S+2. The van der Waals surface area contributed by atoms with Gasteiger partial charge in [-0.1, -0.05) is 19.9 Å². The first-order valence-corrected chi connectivity index (χ1v) is 11.1. The molecule has 1 saturated carbocycles. The van der Waals surface area contributed by atoms with Crippen LogP contribution in [0.2, 0.25) is 0 Å². The molecule has 1 atom stereocenters. The molecule has 7 heteroatoms. The van der Waals surface area contributed by atoms with Crippen molar-refractivity contribution in [2.24, 2.45) is 5.92 Å². The Morgan fingerprint density at radius 1 is 1.19 bits per heavy atom. The first-order valence-electron chi connectivity index (χ1n) is 10.2. The van der Waals surface area contributed by atoms with Crippen LogP contribution in [0.3, 0.4) is 0 Å². The molecule has 1 saturated heterocycles. The minimum absolute atomic E-state index is 0.384. The zero-order chi connectivity index (χ0) is 17.9. The highest BCUT2D eigenvalue weighted by Gasteiger charge is 2.38. The first kappa shape index (κ1) is 18.1. The maximum Gasteiger partial charge on any atom is 0.209 e. The van der Waals surface area contributed by atoms with Gasteiger partial charge < -0.3 is 9.80 Å². The topological polar surface area (TPSA) is 52.5 Å². The van der Waals surface area contributed by atoms with Crippen molar-refractivity contribution in [2.45, 2.75) is 58.2 Å². The Hall–Kier alpha value is -1.31. The van der Waals surface area contributed by atoms with Crippen molar-refractivity contribution in [2.75, 3.05) is 26.2 Å². The molecule has 1 aliphatic heterocycles. The minimum atomic E-state index is 0.384. The van der Waals surface area contributed by atoms with E-state index in [0.29, 0.717) is 12.0 Å². The molecular weight excluding hydrogens is 344 g/mol. The van der Waals surface area contributed by atoms with E-state index in [1.807, 2.05) is 9.58 Å². The molecule has 0 radical (unpaired) electrons. The van der Waals surface area contributed by atoms with E-state index >= 15 is 0 Å². The molecule has 26 heavy (non-hydrogen) atoms. The Bertz CT molecular complexity index is 668. The molecule has 0 spiro atoms. The van der Waals surface area contributed by atoms with Crippen LogP contribution in [-0.4, -0.2) is 52.4 Å². The Balaban J connectivity index is 1.46. The lowest BCUT2D eigenvalue weighted by Gasteiger charge is -2.37. The Morgan fingerprint density at radius 2 is 1.96 bits per heavy atom. The normalized spacial score (nSPS) is 25.8. The predicted molar refractivity (Wildman–Crippen MR) is 102 cm³/mol. The van der Waals surface area contributed by atoms with Crippen LogP contribution in [-0.2, 0) is 6.54 Å². The van der Waals surface area contributed by atoms with Gasteiger partial charge in [0.25, 0.3) is 0 Å². The number of tetrazole rings is 1. The summed E-state index contributed by atoms with van der Waals surface area (Å²) in [7, 11) is 0. The number of hydrogen-bond acceptors (Lipinski definition) is 4. The van der Waals surface area contributed by atoms with Crippen molar-refractivity contribution < 1.29 is 9.80 Å². The third kappa shape index (κ3) is 3.85. The first-order chi connectivity index (χ1) is 12.7. The lowest BCUT2D eigenvalue weighted by Crippen LogP contribution is -3.29. The van der Waals surface area contributed by atoms with Gasteiger partial charge in [-0.25, -0.2) is 4.68 Å². The minimum Gasteiger partial charge on any atom is -0.323 e. The smallest absolute Gasteiger partial charge is 0.209 e. The molecule has 0 bridgehead atoms. The van der Waals surface area contributed by atoms with Gasteiger partial charge in [0.15, 0.2) is 6.04 Å². The van der Waals surface area contributed by atoms with Crippen LogP contribution in [0.4, 0.5) is 0 Å². The fourth-order valence-corrected chi connectivity index (χ4v) is 5.68. The molecule has 2 N–H and O–H groups in total. The van der Waals surface area contributed by atoms with Gasteiger partial charge in [0.1, 0.15) is 26.2 Å². The summed E-state index contributed by atoms with van der Waals surface area (Å²) in [5, 5.41) is 14.9. The molecule has 2 aromatic heterocycles. The number of nitrogens with one attached hydrogen (secondary N) is 2. The third-order valence-corrected chi connectivity index (χ3v) is 7.16. The molecule has 6 nitrogen and oxygen atoms in total. The zero-order valence-corrected chi connectivity index (χ0v) is 16.8. The average Bonchev–Trinajstić information content (AvgIpc) is 3.39. The van der Waals surface area contributed by atoms with E-state index in [9.17, 15) is 0 Å². The standard InChI is InChI=1S/C19H30N6S/c1-15(2)18(19-20-21-22-25(19)14-17-8-5-13-26-17)24-11-9-23(10-12-24)16-6-3-4-7-16/h5,8,13,15-16,18H,3-4,6-7,9-12,14H2,1-2H3/p+2/t18-/m0/s1. The summed E-state index contributed by atoms with van der Waals surface area (Å²) in [5.41, 5.74) is 0. The van der Waals surface area contributed by atoms with Crippen molar-refractivity contribution in [3.05, 3.63) is 28.2 Å². The molecule has 3 heterocycles. The van der Waals surface area contributed by atoms with Crippen LogP contribution in [0.25, 0.3) is 0 Å². The summed E-state index contributed by atoms with van der Waals surface area (Å²) in [4.78, 5) is 4.84.